The Morgan fingerprint density at radius 3 is 1.76 bits per heavy atom. The second-order valence-corrected chi connectivity index (χ2v) is 25.6. The molecule has 0 bridgehead atoms. The van der Waals surface area contributed by atoms with Crippen LogP contribution in [-0.2, 0) is 52.2 Å². The molecule has 25 nitrogen and oxygen atoms in total. The fraction of sp³-hybridized carbons (Fsp3) is 0.926. The SMILES string of the molecule is COC(=O)[C@]1(C)CC[C@]2(C(=O)O[C@H]3O[C@@H](CO)[C@H](O)[C@@H](O)[C@@H]3O)CC[C@]3(C)C(=CC[C@@H]4[C@@]5(C)CC[C@H](O[C@@H]6O[C@H](CO)[C@@H](O)[C@H](O)[C@H]6O[C@@H]6OC[C@@H](O)[C@H](O[C@@H]7O[C@H](CO)[C@@H](O)[C@H](O)[C@H]7O)[C@H]6O)[C@@](C)(CO)[C@@H]5CC[C@]43C)[C@@H]2C1. The number of methoxy groups -OCH3 is 1. The van der Waals surface area contributed by atoms with Gasteiger partial charge in [-0.3, -0.25) is 9.59 Å². The molecule has 0 aromatic heterocycles. The summed E-state index contributed by atoms with van der Waals surface area (Å²) < 4.78 is 52.9. The van der Waals surface area contributed by atoms with Crippen LogP contribution in [0, 0.1) is 50.2 Å². The number of carbonyl (C=O) groups is 2. The molecule has 0 spiro atoms. The van der Waals surface area contributed by atoms with Gasteiger partial charge in [0.15, 0.2) is 18.9 Å². The average molecular weight is 1140 g/mol. The van der Waals surface area contributed by atoms with E-state index in [1.807, 2.05) is 13.8 Å². The summed E-state index contributed by atoms with van der Waals surface area (Å²) in [4.78, 5) is 28.5. The van der Waals surface area contributed by atoms with Gasteiger partial charge in [0.1, 0.15) is 91.6 Å². The molecule has 4 aliphatic heterocycles. The van der Waals surface area contributed by atoms with Crippen LogP contribution in [-0.4, -0.2) is 246 Å². The molecule has 79 heavy (non-hydrogen) atoms. The lowest BCUT2D eigenvalue weighted by molar-refractivity contribution is -0.383. The lowest BCUT2D eigenvalue weighted by Gasteiger charge is -2.71. The molecule has 5 aliphatic carbocycles. The molecule has 25 heteroatoms. The first kappa shape index (κ1) is 61.4. The molecule has 0 aromatic rings. The molecule has 0 radical (unpaired) electrons. The number of allylic oxidation sites excluding steroid dienone is 2. The summed E-state index contributed by atoms with van der Waals surface area (Å²) in [6.07, 6.45) is -25.8. The normalized spacial score (nSPS) is 53.8. The summed E-state index contributed by atoms with van der Waals surface area (Å²) in [5, 5.41) is 150. The van der Waals surface area contributed by atoms with E-state index in [1.165, 1.54) is 7.11 Å². The van der Waals surface area contributed by atoms with Gasteiger partial charge in [-0.25, -0.2) is 0 Å². The molecule has 0 aromatic carbocycles. The van der Waals surface area contributed by atoms with E-state index in [0.29, 0.717) is 51.4 Å². The Kier molecular flexibility index (Phi) is 17.6. The average Bonchev–Trinajstić information content (AvgIpc) is 3.57. The van der Waals surface area contributed by atoms with Gasteiger partial charge in [-0.2, -0.15) is 0 Å². The number of aliphatic hydroxyl groups is 14. The first-order chi connectivity index (χ1) is 37.2. The van der Waals surface area contributed by atoms with Gasteiger partial charge in [0.2, 0.25) is 6.29 Å². The maximum absolute atomic E-state index is 14.9. The minimum Gasteiger partial charge on any atom is -0.469 e. The van der Waals surface area contributed by atoms with Crippen LogP contribution in [0.5, 0.6) is 0 Å². The molecular formula is C54H86O25. The molecule has 452 valence electrons. The van der Waals surface area contributed by atoms with E-state index < -0.39 is 200 Å². The third-order valence-corrected chi connectivity index (χ3v) is 21.6. The summed E-state index contributed by atoms with van der Waals surface area (Å²) in [6.45, 7) is 7.45. The Bertz CT molecular complexity index is 2200. The van der Waals surface area contributed by atoms with Crippen LogP contribution in [0.25, 0.3) is 0 Å². The number of rotatable bonds is 13. The van der Waals surface area contributed by atoms with Gasteiger partial charge in [0, 0.05) is 5.41 Å². The fourth-order valence-electron chi connectivity index (χ4n) is 16.5. The fourth-order valence-corrected chi connectivity index (χ4v) is 16.5. The van der Waals surface area contributed by atoms with Crippen molar-refractivity contribution in [3.8, 4) is 0 Å². The maximum atomic E-state index is 14.9. The predicted octanol–water partition coefficient (Wildman–Crippen LogP) is -3.27. The van der Waals surface area contributed by atoms with Crippen LogP contribution < -0.4 is 0 Å². The Hall–Kier alpha value is -2.16. The van der Waals surface area contributed by atoms with Gasteiger partial charge in [-0.05, 0) is 105 Å². The van der Waals surface area contributed by atoms with Gasteiger partial charge in [0.25, 0.3) is 0 Å². The predicted molar refractivity (Wildman–Crippen MR) is 265 cm³/mol. The second-order valence-electron chi connectivity index (χ2n) is 25.6. The Labute approximate surface area is 458 Å². The lowest BCUT2D eigenvalue weighted by Crippen LogP contribution is -2.68. The van der Waals surface area contributed by atoms with E-state index in [9.17, 15) is 81.1 Å². The molecule has 8 fully saturated rings. The highest BCUT2D eigenvalue weighted by Gasteiger charge is 2.71. The molecular weight excluding hydrogens is 1050 g/mol. The Morgan fingerprint density at radius 1 is 0.582 bits per heavy atom. The minimum absolute atomic E-state index is 0.0136. The Balaban J connectivity index is 0.965. The van der Waals surface area contributed by atoms with Crippen molar-refractivity contribution in [1.82, 2.24) is 0 Å². The van der Waals surface area contributed by atoms with Crippen molar-refractivity contribution < 1.29 is 124 Å². The van der Waals surface area contributed by atoms with Gasteiger partial charge in [-0.1, -0.05) is 39.3 Å². The van der Waals surface area contributed by atoms with Crippen molar-refractivity contribution >= 4 is 11.9 Å². The first-order valence-corrected chi connectivity index (χ1v) is 28.0. The van der Waals surface area contributed by atoms with E-state index in [1.54, 1.807) is 0 Å². The van der Waals surface area contributed by atoms with Gasteiger partial charge >= 0.3 is 11.9 Å². The number of hydrogen-bond donors (Lipinski definition) is 14. The molecule has 9 rings (SSSR count). The molecule has 14 N–H and O–H groups in total. The summed E-state index contributed by atoms with van der Waals surface area (Å²) in [5.41, 5.74) is -3.49. The highest BCUT2D eigenvalue weighted by Crippen LogP contribution is 2.76. The van der Waals surface area contributed by atoms with Crippen molar-refractivity contribution in [3.63, 3.8) is 0 Å². The summed E-state index contributed by atoms with van der Waals surface area (Å²) in [5.74, 6) is -1.78. The minimum atomic E-state index is -1.90. The molecule has 4 saturated carbocycles. The topological polar surface area (TPSA) is 400 Å². The van der Waals surface area contributed by atoms with E-state index in [0.717, 1.165) is 5.57 Å². The number of carbonyl (C=O) groups excluding carboxylic acids is 2. The first-order valence-electron chi connectivity index (χ1n) is 28.0. The van der Waals surface area contributed by atoms with E-state index >= 15 is 0 Å². The third-order valence-electron chi connectivity index (χ3n) is 21.6. The molecule has 0 unspecified atom stereocenters. The van der Waals surface area contributed by atoms with E-state index in [-0.39, 0.29) is 31.3 Å². The second kappa shape index (κ2) is 22.7. The molecule has 4 saturated heterocycles. The Morgan fingerprint density at radius 2 is 1.15 bits per heavy atom. The van der Waals surface area contributed by atoms with Crippen molar-refractivity contribution in [2.75, 3.05) is 40.1 Å². The zero-order valence-electron chi connectivity index (χ0n) is 45.7. The van der Waals surface area contributed by atoms with Gasteiger partial charge < -0.3 is 114 Å². The van der Waals surface area contributed by atoms with Crippen molar-refractivity contribution in [1.29, 1.82) is 0 Å². The highest BCUT2D eigenvalue weighted by atomic mass is 16.8. The number of fused-ring (bicyclic) bond motifs is 7. The highest BCUT2D eigenvalue weighted by molar-refractivity contribution is 5.81. The van der Waals surface area contributed by atoms with Crippen LogP contribution in [0.2, 0.25) is 0 Å². The summed E-state index contributed by atoms with van der Waals surface area (Å²) >= 11 is 0. The number of esters is 2. The van der Waals surface area contributed by atoms with Crippen LogP contribution >= 0.6 is 0 Å². The molecule has 9 aliphatic rings. The van der Waals surface area contributed by atoms with Gasteiger partial charge in [0.05, 0.1) is 57.1 Å². The number of hydrogen-bond acceptors (Lipinski definition) is 25. The zero-order chi connectivity index (χ0) is 57.7. The van der Waals surface area contributed by atoms with Gasteiger partial charge in [-0.15, -0.1) is 0 Å². The van der Waals surface area contributed by atoms with Crippen LogP contribution in [0.4, 0.5) is 0 Å². The zero-order valence-corrected chi connectivity index (χ0v) is 45.7. The number of aliphatic hydroxyl groups excluding tert-OH is 14. The molecule has 0 amide bonds. The van der Waals surface area contributed by atoms with Crippen molar-refractivity contribution in [2.45, 2.75) is 222 Å². The van der Waals surface area contributed by atoms with Crippen LogP contribution in [0.3, 0.4) is 0 Å². The molecule has 29 atom stereocenters. The van der Waals surface area contributed by atoms with E-state index in [2.05, 4.69) is 26.8 Å². The monoisotopic (exact) mass is 1130 g/mol. The third kappa shape index (κ3) is 9.85. The van der Waals surface area contributed by atoms with Crippen molar-refractivity contribution in [3.05, 3.63) is 11.6 Å². The van der Waals surface area contributed by atoms with Crippen molar-refractivity contribution in [2.24, 2.45) is 50.2 Å². The number of ether oxygens (including phenoxy) is 9. The summed E-state index contributed by atoms with van der Waals surface area (Å²) in [6, 6.07) is 0. The van der Waals surface area contributed by atoms with Crippen LogP contribution in [0.1, 0.15) is 98.8 Å². The largest absolute Gasteiger partial charge is 0.469 e. The van der Waals surface area contributed by atoms with Crippen LogP contribution in [0.15, 0.2) is 11.6 Å². The quantitative estimate of drug-likeness (QED) is 0.0489. The molecule has 4 heterocycles. The standard InChI is InChI=1S/C54H86O25/c1-49(47(69)71-6)13-15-54(48(70)79-45-39(67)36(64)33(61)27(19-56)74-45)16-14-52(4)23(24(54)17-49)7-8-30-50(2)11-10-31(51(3,22-58)29(50)9-12-53(30,52)5)76-46-42(37(65)34(62)28(20-57)75-46)78-43-40(68)41(25(59)21-72-43)77-44-38(66)35(63)32(60)26(18-55)73-44/h7,24-46,55-68H,8-22H2,1-6H3/t24-,25+,26+,27-,28+,29+,30+,31-,32+,33-,34+,35-,36+,37-,38+,39-,40+,41-,42+,43-,44-,45+,46-,49+,50-,51-,52+,53+,54-/m0/s1. The smallest absolute Gasteiger partial charge is 0.315 e. The maximum Gasteiger partial charge on any atom is 0.315 e. The van der Waals surface area contributed by atoms with E-state index in [4.69, 9.17) is 42.6 Å². The lowest BCUT2D eigenvalue weighted by atomic mass is 9.33. The summed E-state index contributed by atoms with van der Waals surface area (Å²) in [7, 11) is 1.34.